The molecule has 1 unspecified atom stereocenters. The molecule has 0 saturated heterocycles. The number of carbonyl (C=O) groups excluding carboxylic acids is 2. The van der Waals surface area contributed by atoms with Gasteiger partial charge in [-0.05, 0) is 40.5 Å². The molecule has 1 heterocycles. The zero-order valence-corrected chi connectivity index (χ0v) is 13.5. The zero-order chi connectivity index (χ0) is 14.9. The van der Waals surface area contributed by atoms with Crippen LogP contribution in [0, 0.1) is 5.92 Å². The summed E-state index contributed by atoms with van der Waals surface area (Å²) < 4.78 is 0.684. The summed E-state index contributed by atoms with van der Waals surface area (Å²) in [5.74, 6) is -0.570. The maximum Gasteiger partial charge on any atom is 0.299 e. The molecule has 1 aliphatic rings. The molecule has 0 aromatic heterocycles. The molecule has 0 fully saturated rings. The summed E-state index contributed by atoms with van der Waals surface area (Å²) in [6.45, 7) is 7.61. The van der Waals surface area contributed by atoms with Gasteiger partial charge in [-0.25, -0.2) is 0 Å². The van der Waals surface area contributed by atoms with Crippen molar-refractivity contribution in [2.75, 3.05) is 18.0 Å². The fourth-order valence-electron chi connectivity index (χ4n) is 2.30. The lowest BCUT2D eigenvalue weighted by molar-refractivity contribution is -0.114. The summed E-state index contributed by atoms with van der Waals surface area (Å²) in [4.78, 5) is 25.8. The smallest absolute Gasteiger partial charge is 0.299 e. The number of amides is 1. The molecule has 0 bridgehead atoms. The number of fused-ring (bicyclic) bond motifs is 1. The summed E-state index contributed by atoms with van der Waals surface area (Å²) >= 11 is 3.35. The second kappa shape index (κ2) is 6.06. The Morgan fingerprint density at radius 1 is 1.25 bits per heavy atom. The topological polar surface area (TPSA) is 49.4 Å². The maximum atomic E-state index is 12.1. The van der Waals surface area contributed by atoms with Gasteiger partial charge < -0.3 is 10.2 Å². The lowest BCUT2D eigenvalue weighted by Gasteiger charge is -2.22. The summed E-state index contributed by atoms with van der Waals surface area (Å²) in [6.07, 6.45) is 0. The highest BCUT2D eigenvalue weighted by atomic mass is 79.9. The summed E-state index contributed by atoms with van der Waals surface area (Å²) in [7, 11) is 0. The predicted molar refractivity (Wildman–Crippen MR) is 83.1 cm³/mol. The van der Waals surface area contributed by atoms with Gasteiger partial charge >= 0.3 is 0 Å². The highest BCUT2D eigenvalue weighted by Crippen LogP contribution is 2.34. The standard InChI is InChI=1S/C15H19BrN2O2/c1-9(2)17-7-10(3)8-18-12-6-4-5-11(16)13(12)14(19)15(18)20/h4-6,9-10,17H,7-8H2,1-3H3. The molecule has 1 N–H and O–H groups in total. The van der Waals surface area contributed by atoms with Gasteiger partial charge in [0.15, 0.2) is 0 Å². The van der Waals surface area contributed by atoms with Gasteiger partial charge in [0.1, 0.15) is 0 Å². The highest BCUT2D eigenvalue weighted by molar-refractivity contribution is 9.10. The third kappa shape index (κ3) is 2.94. The molecule has 1 aromatic rings. The molecule has 4 nitrogen and oxygen atoms in total. The number of hydrogen-bond acceptors (Lipinski definition) is 3. The molecule has 1 aromatic carbocycles. The minimum Gasteiger partial charge on any atom is -0.314 e. The van der Waals surface area contributed by atoms with Crippen molar-refractivity contribution in [1.82, 2.24) is 5.32 Å². The molecule has 1 amide bonds. The van der Waals surface area contributed by atoms with E-state index in [1.807, 2.05) is 12.1 Å². The van der Waals surface area contributed by atoms with Gasteiger partial charge in [-0.3, -0.25) is 9.59 Å². The van der Waals surface area contributed by atoms with Crippen molar-refractivity contribution in [2.24, 2.45) is 5.92 Å². The van der Waals surface area contributed by atoms with Crippen LogP contribution >= 0.6 is 15.9 Å². The van der Waals surface area contributed by atoms with Crippen LogP contribution in [0.3, 0.4) is 0 Å². The molecular formula is C15H19BrN2O2. The summed E-state index contributed by atoms with van der Waals surface area (Å²) in [5.41, 5.74) is 1.20. The number of anilines is 1. The largest absolute Gasteiger partial charge is 0.314 e. The third-order valence-corrected chi connectivity index (χ3v) is 3.98. The van der Waals surface area contributed by atoms with Crippen molar-refractivity contribution in [2.45, 2.75) is 26.8 Å². The van der Waals surface area contributed by atoms with Crippen molar-refractivity contribution >= 4 is 33.3 Å². The number of carbonyl (C=O) groups is 2. The van der Waals surface area contributed by atoms with Gasteiger partial charge in [0, 0.05) is 17.1 Å². The quantitative estimate of drug-likeness (QED) is 0.839. The van der Waals surface area contributed by atoms with Crippen molar-refractivity contribution in [3.8, 4) is 0 Å². The van der Waals surface area contributed by atoms with E-state index in [2.05, 4.69) is 42.0 Å². The van der Waals surface area contributed by atoms with Crippen LogP contribution in [-0.2, 0) is 4.79 Å². The minimum absolute atomic E-state index is 0.277. The first-order valence-electron chi connectivity index (χ1n) is 6.80. The molecule has 108 valence electrons. The average Bonchev–Trinajstić information content (AvgIpc) is 2.63. The normalized spacial score (nSPS) is 15.9. The Morgan fingerprint density at radius 3 is 2.60 bits per heavy atom. The highest BCUT2D eigenvalue weighted by Gasteiger charge is 2.37. The van der Waals surface area contributed by atoms with Crippen molar-refractivity contribution in [3.63, 3.8) is 0 Å². The van der Waals surface area contributed by atoms with Crippen molar-refractivity contribution < 1.29 is 9.59 Å². The Morgan fingerprint density at radius 2 is 1.95 bits per heavy atom. The van der Waals surface area contributed by atoms with Gasteiger partial charge in [0.05, 0.1) is 11.3 Å². The van der Waals surface area contributed by atoms with E-state index < -0.39 is 11.7 Å². The van der Waals surface area contributed by atoms with Crippen LogP contribution in [0.1, 0.15) is 31.1 Å². The Kier molecular flexibility index (Phi) is 4.60. The molecule has 0 radical (unpaired) electrons. The van der Waals surface area contributed by atoms with Gasteiger partial charge in [-0.15, -0.1) is 0 Å². The number of nitrogens with zero attached hydrogens (tertiary/aromatic N) is 1. The van der Waals surface area contributed by atoms with Gasteiger partial charge in [0.25, 0.3) is 11.7 Å². The molecular weight excluding hydrogens is 320 g/mol. The van der Waals surface area contributed by atoms with Crippen LogP contribution in [0.15, 0.2) is 22.7 Å². The molecule has 1 aliphatic heterocycles. The zero-order valence-electron chi connectivity index (χ0n) is 11.9. The Bertz CT molecular complexity index is 543. The minimum atomic E-state index is -0.428. The summed E-state index contributed by atoms with van der Waals surface area (Å²) in [6, 6.07) is 5.87. The van der Waals surface area contributed by atoms with E-state index in [1.54, 1.807) is 11.0 Å². The number of ketones is 1. The number of nitrogens with one attached hydrogen (secondary N) is 1. The van der Waals surface area contributed by atoms with Crippen LogP contribution in [0.4, 0.5) is 5.69 Å². The first-order valence-corrected chi connectivity index (χ1v) is 7.59. The van der Waals surface area contributed by atoms with Gasteiger partial charge in [-0.1, -0.05) is 26.8 Å². The number of benzene rings is 1. The first kappa shape index (κ1) is 15.2. The number of rotatable bonds is 5. The Balaban J connectivity index is 2.16. The van der Waals surface area contributed by atoms with E-state index in [0.717, 1.165) is 6.54 Å². The molecule has 1 atom stereocenters. The van der Waals surface area contributed by atoms with Crippen LogP contribution in [0.2, 0.25) is 0 Å². The second-order valence-electron chi connectivity index (χ2n) is 5.55. The first-order chi connectivity index (χ1) is 9.41. The van der Waals surface area contributed by atoms with E-state index in [4.69, 9.17) is 0 Å². The second-order valence-corrected chi connectivity index (χ2v) is 6.40. The van der Waals surface area contributed by atoms with E-state index in [1.165, 1.54) is 0 Å². The molecule has 0 aliphatic carbocycles. The SMILES string of the molecule is CC(CNC(C)C)CN1C(=O)C(=O)c2c(Br)cccc21. The monoisotopic (exact) mass is 338 g/mol. The van der Waals surface area contributed by atoms with Crippen LogP contribution in [0.5, 0.6) is 0 Å². The van der Waals surface area contributed by atoms with Crippen molar-refractivity contribution in [3.05, 3.63) is 28.2 Å². The predicted octanol–water partition coefficient (Wildman–Crippen LogP) is 2.61. The Labute approximate surface area is 127 Å². The van der Waals surface area contributed by atoms with E-state index >= 15 is 0 Å². The van der Waals surface area contributed by atoms with Crippen LogP contribution in [0.25, 0.3) is 0 Å². The van der Waals surface area contributed by atoms with Crippen LogP contribution in [-0.4, -0.2) is 30.8 Å². The maximum absolute atomic E-state index is 12.1. The number of Topliss-reactive ketones (excluding diaryl/α,β-unsaturated/α-hetero) is 1. The van der Waals surface area contributed by atoms with Crippen LogP contribution < -0.4 is 10.2 Å². The summed E-state index contributed by atoms with van der Waals surface area (Å²) in [5, 5.41) is 3.35. The average molecular weight is 339 g/mol. The third-order valence-electron chi connectivity index (χ3n) is 3.32. The molecule has 0 saturated carbocycles. The van der Waals surface area contributed by atoms with E-state index in [-0.39, 0.29) is 5.92 Å². The van der Waals surface area contributed by atoms with Gasteiger partial charge in [-0.2, -0.15) is 0 Å². The number of hydrogen-bond donors (Lipinski definition) is 1. The fourth-order valence-corrected chi connectivity index (χ4v) is 2.83. The van der Waals surface area contributed by atoms with Crippen molar-refractivity contribution in [1.29, 1.82) is 0 Å². The molecule has 20 heavy (non-hydrogen) atoms. The lowest BCUT2D eigenvalue weighted by Crippen LogP contribution is -2.38. The Hall–Kier alpha value is -1.20. The lowest BCUT2D eigenvalue weighted by atomic mass is 10.1. The molecule has 5 heteroatoms. The van der Waals surface area contributed by atoms with E-state index in [9.17, 15) is 9.59 Å². The number of halogens is 1. The molecule has 0 spiro atoms. The van der Waals surface area contributed by atoms with Gasteiger partial charge in [0.2, 0.25) is 0 Å². The fraction of sp³-hybridized carbons (Fsp3) is 0.467. The van der Waals surface area contributed by atoms with E-state index in [0.29, 0.717) is 28.3 Å². The molecule has 2 rings (SSSR count).